The van der Waals surface area contributed by atoms with Crippen LogP contribution in [0.25, 0.3) is 5.76 Å². The van der Waals surface area contributed by atoms with E-state index in [-0.39, 0.29) is 27.7 Å². The molecule has 1 aliphatic heterocycles. The van der Waals surface area contributed by atoms with Crippen LogP contribution in [0.3, 0.4) is 0 Å². The Morgan fingerprint density at radius 3 is 2.35 bits per heavy atom. The van der Waals surface area contributed by atoms with E-state index < -0.39 is 17.7 Å². The maximum absolute atomic E-state index is 13.4. The van der Waals surface area contributed by atoms with Gasteiger partial charge in [-0.05, 0) is 55.3 Å². The number of Topliss-reactive ketones (excluding diaryl/α,β-unsaturated/α-hetero) is 1. The Hall–Kier alpha value is -3.77. The van der Waals surface area contributed by atoms with Gasteiger partial charge in [0, 0.05) is 11.3 Å². The number of hydrogen-bond acceptors (Lipinski definition) is 5. The molecule has 0 spiro atoms. The SMILES string of the molecule is COc1ccccc1C1/C(=C(\O)c2cc(C)cc(Cl)c2OC)C(=O)C(=O)N1c1cccc(C)c1. The topological polar surface area (TPSA) is 76.1 Å². The summed E-state index contributed by atoms with van der Waals surface area (Å²) in [5.41, 5.74) is 2.93. The first kappa shape index (κ1) is 23.4. The number of nitrogens with zero attached hydrogens (tertiary/aromatic N) is 1. The number of carbonyl (C=O) groups excluding carboxylic acids is 2. The van der Waals surface area contributed by atoms with Crippen molar-refractivity contribution >= 4 is 34.7 Å². The van der Waals surface area contributed by atoms with Crippen LogP contribution in [-0.4, -0.2) is 31.0 Å². The van der Waals surface area contributed by atoms with E-state index in [0.717, 1.165) is 11.1 Å². The van der Waals surface area contributed by atoms with E-state index in [1.807, 2.05) is 32.0 Å². The predicted molar refractivity (Wildman–Crippen MR) is 132 cm³/mol. The van der Waals surface area contributed by atoms with Gasteiger partial charge in [0.1, 0.15) is 17.3 Å². The Morgan fingerprint density at radius 1 is 0.941 bits per heavy atom. The molecule has 1 N–H and O–H groups in total. The predicted octanol–water partition coefficient (Wildman–Crippen LogP) is 5.60. The Balaban J connectivity index is 2.05. The number of carbonyl (C=O) groups is 2. The number of benzene rings is 3. The second-order valence-corrected chi connectivity index (χ2v) is 8.48. The summed E-state index contributed by atoms with van der Waals surface area (Å²) in [5.74, 6) is -1.24. The number of aryl methyl sites for hydroxylation is 2. The van der Waals surface area contributed by atoms with E-state index in [2.05, 4.69) is 0 Å². The van der Waals surface area contributed by atoms with Gasteiger partial charge in [-0.3, -0.25) is 14.5 Å². The molecule has 0 aliphatic carbocycles. The maximum Gasteiger partial charge on any atom is 0.300 e. The molecule has 0 saturated carbocycles. The van der Waals surface area contributed by atoms with Crippen molar-refractivity contribution in [1.29, 1.82) is 0 Å². The number of ketones is 1. The first-order chi connectivity index (χ1) is 16.3. The average molecular weight is 478 g/mol. The molecule has 4 rings (SSSR count). The van der Waals surface area contributed by atoms with Crippen molar-refractivity contribution in [2.75, 3.05) is 19.1 Å². The number of ether oxygens (including phenoxy) is 2. The van der Waals surface area contributed by atoms with Gasteiger partial charge in [-0.2, -0.15) is 0 Å². The quantitative estimate of drug-likeness (QED) is 0.294. The van der Waals surface area contributed by atoms with Crippen molar-refractivity contribution in [3.63, 3.8) is 0 Å². The smallest absolute Gasteiger partial charge is 0.300 e. The molecule has 0 radical (unpaired) electrons. The van der Waals surface area contributed by atoms with E-state index in [9.17, 15) is 14.7 Å². The molecular formula is C27H24ClNO5. The Labute approximate surface area is 203 Å². The van der Waals surface area contributed by atoms with Gasteiger partial charge in [0.15, 0.2) is 0 Å². The molecule has 34 heavy (non-hydrogen) atoms. The van der Waals surface area contributed by atoms with Crippen molar-refractivity contribution in [3.8, 4) is 11.5 Å². The highest BCUT2D eigenvalue weighted by Gasteiger charge is 2.48. The molecule has 1 aliphatic rings. The number of methoxy groups -OCH3 is 2. The minimum absolute atomic E-state index is 0.0732. The van der Waals surface area contributed by atoms with Crippen molar-refractivity contribution in [2.24, 2.45) is 0 Å². The normalized spacial score (nSPS) is 17.2. The fourth-order valence-corrected chi connectivity index (χ4v) is 4.67. The average Bonchev–Trinajstić information content (AvgIpc) is 3.08. The highest BCUT2D eigenvalue weighted by atomic mass is 35.5. The number of rotatable bonds is 5. The number of amides is 1. The molecule has 0 aromatic heterocycles. The highest BCUT2D eigenvalue weighted by Crippen LogP contribution is 2.46. The summed E-state index contributed by atoms with van der Waals surface area (Å²) in [6.07, 6.45) is 0. The lowest BCUT2D eigenvalue weighted by Crippen LogP contribution is -2.29. The second kappa shape index (κ2) is 9.23. The zero-order valence-electron chi connectivity index (χ0n) is 19.3. The standard InChI is InChI=1S/C27H24ClNO5/c1-15-8-7-9-17(12-15)29-23(18-10-5-6-11-21(18)33-3)22(25(31)27(29)32)24(30)19-13-16(2)14-20(28)26(19)34-4/h5-14,23,30H,1-4H3/b24-22+. The van der Waals surface area contributed by atoms with Gasteiger partial charge in [0.25, 0.3) is 11.7 Å². The molecular weight excluding hydrogens is 454 g/mol. The Morgan fingerprint density at radius 2 is 1.68 bits per heavy atom. The number of halogens is 1. The molecule has 0 bridgehead atoms. The molecule has 3 aromatic carbocycles. The molecule has 1 fully saturated rings. The van der Waals surface area contributed by atoms with Gasteiger partial charge >= 0.3 is 0 Å². The minimum atomic E-state index is -0.929. The van der Waals surface area contributed by atoms with Gasteiger partial charge in [0.2, 0.25) is 0 Å². The summed E-state index contributed by atoms with van der Waals surface area (Å²) in [6.45, 7) is 3.71. The summed E-state index contributed by atoms with van der Waals surface area (Å²) in [5, 5.41) is 11.8. The fourth-order valence-electron chi connectivity index (χ4n) is 4.32. The molecule has 1 saturated heterocycles. The number of aliphatic hydroxyl groups is 1. The molecule has 3 aromatic rings. The van der Waals surface area contributed by atoms with Crippen LogP contribution in [-0.2, 0) is 9.59 Å². The third kappa shape index (κ3) is 3.90. The summed E-state index contributed by atoms with van der Waals surface area (Å²) in [4.78, 5) is 28.2. The summed E-state index contributed by atoms with van der Waals surface area (Å²) in [6, 6.07) is 16.8. The van der Waals surface area contributed by atoms with Crippen LogP contribution in [0.1, 0.15) is 28.3 Å². The molecule has 1 atom stereocenters. The largest absolute Gasteiger partial charge is 0.507 e. The van der Waals surface area contributed by atoms with Crippen LogP contribution in [0, 0.1) is 13.8 Å². The first-order valence-corrected chi connectivity index (χ1v) is 11.0. The van der Waals surface area contributed by atoms with Crippen LogP contribution in [0.5, 0.6) is 11.5 Å². The third-order valence-corrected chi connectivity index (χ3v) is 6.09. The Kier molecular flexibility index (Phi) is 6.35. The van der Waals surface area contributed by atoms with Crippen LogP contribution in [0.2, 0.25) is 5.02 Å². The van der Waals surface area contributed by atoms with Crippen LogP contribution < -0.4 is 14.4 Å². The van der Waals surface area contributed by atoms with Gasteiger partial charge < -0.3 is 14.6 Å². The monoisotopic (exact) mass is 477 g/mol. The van der Waals surface area contributed by atoms with E-state index in [4.69, 9.17) is 21.1 Å². The second-order valence-electron chi connectivity index (χ2n) is 8.08. The lowest BCUT2D eigenvalue weighted by atomic mass is 9.93. The molecule has 174 valence electrons. The van der Waals surface area contributed by atoms with Crippen molar-refractivity contribution in [2.45, 2.75) is 19.9 Å². The number of hydrogen-bond donors (Lipinski definition) is 1. The number of aliphatic hydroxyl groups excluding tert-OH is 1. The van der Waals surface area contributed by atoms with E-state index in [1.54, 1.807) is 42.5 Å². The summed E-state index contributed by atoms with van der Waals surface area (Å²) < 4.78 is 11.0. The third-order valence-electron chi connectivity index (χ3n) is 5.80. The zero-order valence-corrected chi connectivity index (χ0v) is 20.0. The van der Waals surface area contributed by atoms with Gasteiger partial charge in [-0.25, -0.2) is 0 Å². The number of para-hydroxylation sites is 1. The molecule has 1 amide bonds. The van der Waals surface area contributed by atoms with E-state index in [1.165, 1.54) is 19.1 Å². The van der Waals surface area contributed by atoms with Crippen molar-refractivity contribution in [3.05, 3.63) is 93.5 Å². The molecule has 6 nitrogen and oxygen atoms in total. The van der Waals surface area contributed by atoms with Gasteiger partial charge in [0.05, 0.1) is 36.4 Å². The maximum atomic E-state index is 13.4. The van der Waals surface area contributed by atoms with Gasteiger partial charge in [-0.15, -0.1) is 0 Å². The van der Waals surface area contributed by atoms with Crippen molar-refractivity contribution < 1.29 is 24.2 Å². The summed E-state index contributed by atoms with van der Waals surface area (Å²) in [7, 11) is 2.94. The highest BCUT2D eigenvalue weighted by molar-refractivity contribution is 6.51. The number of anilines is 1. The van der Waals surface area contributed by atoms with E-state index >= 15 is 0 Å². The lowest BCUT2D eigenvalue weighted by molar-refractivity contribution is -0.132. The Bertz CT molecular complexity index is 1330. The van der Waals surface area contributed by atoms with Crippen LogP contribution in [0.15, 0.2) is 66.2 Å². The molecule has 7 heteroatoms. The fraction of sp³-hybridized carbons (Fsp3) is 0.185. The first-order valence-electron chi connectivity index (χ1n) is 10.6. The van der Waals surface area contributed by atoms with Crippen molar-refractivity contribution in [1.82, 2.24) is 0 Å². The van der Waals surface area contributed by atoms with Crippen LogP contribution >= 0.6 is 11.6 Å². The minimum Gasteiger partial charge on any atom is -0.507 e. The van der Waals surface area contributed by atoms with Gasteiger partial charge in [-0.1, -0.05) is 41.9 Å². The molecule has 1 heterocycles. The van der Waals surface area contributed by atoms with Crippen LogP contribution in [0.4, 0.5) is 5.69 Å². The van der Waals surface area contributed by atoms with E-state index in [0.29, 0.717) is 17.0 Å². The molecule has 1 unspecified atom stereocenters. The lowest BCUT2D eigenvalue weighted by Gasteiger charge is -2.27. The zero-order chi connectivity index (χ0) is 24.6. The summed E-state index contributed by atoms with van der Waals surface area (Å²) >= 11 is 6.35.